The average molecular weight is 288 g/mol. The van der Waals surface area contributed by atoms with Crippen molar-refractivity contribution in [3.63, 3.8) is 0 Å². The summed E-state index contributed by atoms with van der Waals surface area (Å²) in [5, 5.41) is 5.89. The van der Waals surface area contributed by atoms with E-state index in [2.05, 4.69) is 17.6 Å². The highest BCUT2D eigenvalue weighted by atomic mass is 16.2. The maximum Gasteiger partial charge on any atom is 0.251 e. The van der Waals surface area contributed by atoms with Crippen LogP contribution < -0.4 is 10.6 Å². The zero-order chi connectivity index (χ0) is 15.2. The van der Waals surface area contributed by atoms with Crippen LogP contribution in [0.4, 0.5) is 0 Å². The second kappa shape index (κ2) is 7.25. The summed E-state index contributed by atoms with van der Waals surface area (Å²) in [6.07, 6.45) is 4.74. The lowest BCUT2D eigenvalue weighted by Gasteiger charge is -2.29. The molecule has 0 radical (unpaired) electrons. The molecule has 0 aromatic heterocycles. The number of hydrogen-bond donors (Lipinski definition) is 2. The van der Waals surface area contributed by atoms with E-state index in [-0.39, 0.29) is 11.8 Å². The molecule has 2 rings (SSSR count). The molecule has 4 heteroatoms. The van der Waals surface area contributed by atoms with E-state index in [1.165, 1.54) is 26.2 Å². The third-order valence-electron chi connectivity index (χ3n) is 4.19. The normalized spacial score (nSPS) is 21.6. The van der Waals surface area contributed by atoms with Gasteiger partial charge in [0.25, 0.3) is 5.91 Å². The van der Waals surface area contributed by atoms with E-state index in [1.54, 1.807) is 0 Å². The van der Waals surface area contributed by atoms with Crippen LogP contribution in [-0.2, 0) is 11.3 Å². The van der Waals surface area contributed by atoms with E-state index in [1.807, 2.05) is 24.3 Å². The van der Waals surface area contributed by atoms with Crippen molar-refractivity contribution in [1.82, 2.24) is 10.6 Å². The van der Waals surface area contributed by atoms with Gasteiger partial charge in [0.2, 0.25) is 5.91 Å². The van der Waals surface area contributed by atoms with Gasteiger partial charge in [-0.1, -0.05) is 31.9 Å². The van der Waals surface area contributed by atoms with E-state index >= 15 is 0 Å². The van der Waals surface area contributed by atoms with Crippen LogP contribution in [0.25, 0.3) is 0 Å². The van der Waals surface area contributed by atoms with Gasteiger partial charge >= 0.3 is 0 Å². The highest BCUT2D eigenvalue weighted by Gasteiger charge is 2.23. The van der Waals surface area contributed by atoms with Crippen molar-refractivity contribution in [3.05, 3.63) is 35.4 Å². The van der Waals surface area contributed by atoms with Gasteiger partial charge in [-0.2, -0.15) is 0 Å². The van der Waals surface area contributed by atoms with Crippen LogP contribution in [0.3, 0.4) is 0 Å². The van der Waals surface area contributed by atoms with Crippen LogP contribution in [-0.4, -0.2) is 17.9 Å². The molecule has 0 spiro atoms. The molecule has 4 nitrogen and oxygen atoms in total. The molecule has 1 aromatic rings. The lowest BCUT2D eigenvalue weighted by molar-refractivity contribution is -0.119. The minimum absolute atomic E-state index is 0.000160. The third-order valence-corrected chi connectivity index (χ3v) is 4.19. The summed E-state index contributed by atoms with van der Waals surface area (Å²) in [5.41, 5.74) is 1.67. The molecule has 0 unspecified atom stereocenters. The lowest BCUT2D eigenvalue weighted by Crippen LogP contribution is -2.41. The Morgan fingerprint density at radius 2 is 1.81 bits per heavy atom. The van der Waals surface area contributed by atoms with Crippen molar-refractivity contribution >= 4 is 11.8 Å². The molecule has 21 heavy (non-hydrogen) atoms. The summed E-state index contributed by atoms with van der Waals surface area (Å²) in [6, 6.07) is 7.70. The molecule has 0 saturated heterocycles. The van der Waals surface area contributed by atoms with Crippen molar-refractivity contribution in [3.8, 4) is 0 Å². The lowest BCUT2D eigenvalue weighted by atomic mass is 9.86. The zero-order valence-electron chi connectivity index (χ0n) is 12.8. The maximum absolute atomic E-state index is 12.3. The number of benzene rings is 1. The van der Waals surface area contributed by atoms with E-state index in [4.69, 9.17) is 0 Å². The van der Waals surface area contributed by atoms with Crippen LogP contribution in [0.2, 0.25) is 0 Å². The summed E-state index contributed by atoms with van der Waals surface area (Å²) in [5.74, 6) is 0.504. The Morgan fingerprint density at radius 3 is 2.43 bits per heavy atom. The Labute approximate surface area is 126 Å². The number of carbonyl (C=O) groups is 2. The van der Waals surface area contributed by atoms with Crippen molar-refractivity contribution in [2.75, 3.05) is 0 Å². The van der Waals surface area contributed by atoms with Crippen LogP contribution >= 0.6 is 0 Å². The highest BCUT2D eigenvalue weighted by molar-refractivity contribution is 5.94. The van der Waals surface area contributed by atoms with Crippen molar-refractivity contribution in [2.24, 2.45) is 5.92 Å². The standard InChI is InChI=1S/C17H24N2O2/c1-12-5-3-4-6-16(12)19-17(21)15-9-7-14(8-10-15)11-18-13(2)20/h7-10,12,16H,3-6,11H2,1-2H3,(H,18,20)(H,19,21)/t12-,16+/m0/s1. The molecule has 2 amide bonds. The van der Waals surface area contributed by atoms with Crippen molar-refractivity contribution < 1.29 is 9.59 Å². The van der Waals surface area contributed by atoms with Gasteiger partial charge in [0.15, 0.2) is 0 Å². The van der Waals surface area contributed by atoms with Gasteiger partial charge in [-0.15, -0.1) is 0 Å². The molecule has 1 saturated carbocycles. The topological polar surface area (TPSA) is 58.2 Å². The quantitative estimate of drug-likeness (QED) is 0.895. The van der Waals surface area contributed by atoms with E-state index < -0.39 is 0 Å². The molecule has 1 fully saturated rings. The number of rotatable bonds is 4. The third kappa shape index (κ3) is 4.59. The first-order valence-corrected chi connectivity index (χ1v) is 7.70. The van der Waals surface area contributed by atoms with Gasteiger partial charge in [-0.3, -0.25) is 9.59 Å². The van der Waals surface area contributed by atoms with Gasteiger partial charge < -0.3 is 10.6 Å². The van der Waals surface area contributed by atoms with Gasteiger partial charge in [0.1, 0.15) is 0 Å². The summed E-state index contributed by atoms with van der Waals surface area (Å²) in [4.78, 5) is 23.1. The van der Waals surface area contributed by atoms with Crippen LogP contribution in [0.15, 0.2) is 24.3 Å². The van der Waals surface area contributed by atoms with Crippen LogP contribution in [0, 0.1) is 5.92 Å². The number of nitrogens with one attached hydrogen (secondary N) is 2. The van der Waals surface area contributed by atoms with Crippen molar-refractivity contribution in [2.45, 2.75) is 52.1 Å². The van der Waals surface area contributed by atoms with E-state index in [0.29, 0.717) is 24.1 Å². The molecule has 1 aliphatic rings. The number of amides is 2. The Bertz CT molecular complexity index is 496. The molecule has 2 atom stereocenters. The molecule has 114 valence electrons. The molecule has 1 aliphatic carbocycles. The minimum atomic E-state index is -0.0527. The van der Waals surface area contributed by atoms with Crippen LogP contribution in [0.1, 0.15) is 55.5 Å². The summed E-state index contributed by atoms with van der Waals surface area (Å²) >= 11 is 0. The molecule has 0 aliphatic heterocycles. The predicted molar refractivity (Wildman–Crippen MR) is 82.8 cm³/mol. The Morgan fingerprint density at radius 1 is 1.14 bits per heavy atom. The molecular formula is C17H24N2O2. The largest absolute Gasteiger partial charge is 0.352 e. The molecular weight excluding hydrogens is 264 g/mol. The fourth-order valence-electron chi connectivity index (χ4n) is 2.78. The molecule has 0 heterocycles. The number of carbonyl (C=O) groups excluding carboxylic acids is 2. The number of hydrogen-bond acceptors (Lipinski definition) is 2. The summed E-state index contributed by atoms with van der Waals surface area (Å²) in [6.45, 7) is 4.20. The highest BCUT2D eigenvalue weighted by Crippen LogP contribution is 2.24. The van der Waals surface area contributed by atoms with E-state index in [9.17, 15) is 9.59 Å². The van der Waals surface area contributed by atoms with Crippen molar-refractivity contribution in [1.29, 1.82) is 0 Å². The van der Waals surface area contributed by atoms with Crippen LogP contribution in [0.5, 0.6) is 0 Å². The van der Waals surface area contributed by atoms with Gasteiger partial charge in [-0.05, 0) is 36.5 Å². The zero-order valence-corrected chi connectivity index (χ0v) is 12.8. The summed E-state index contributed by atoms with van der Waals surface area (Å²) in [7, 11) is 0. The molecule has 1 aromatic carbocycles. The Hall–Kier alpha value is -1.84. The Balaban J connectivity index is 1.91. The first-order valence-electron chi connectivity index (χ1n) is 7.70. The minimum Gasteiger partial charge on any atom is -0.352 e. The second-order valence-corrected chi connectivity index (χ2v) is 5.95. The van der Waals surface area contributed by atoms with Gasteiger partial charge in [0, 0.05) is 25.1 Å². The monoisotopic (exact) mass is 288 g/mol. The Kier molecular flexibility index (Phi) is 5.37. The van der Waals surface area contributed by atoms with Gasteiger partial charge in [0.05, 0.1) is 0 Å². The SMILES string of the molecule is CC(=O)NCc1ccc(C(=O)N[C@@H]2CCCC[C@@H]2C)cc1. The first kappa shape index (κ1) is 15.5. The fraction of sp³-hybridized carbons (Fsp3) is 0.529. The molecule has 2 N–H and O–H groups in total. The maximum atomic E-state index is 12.3. The fourth-order valence-corrected chi connectivity index (χ4v) is 2.78. The second-order valence-electron chi connectivity index (χ2n) is 5.95. The predicted octanol–water partition coefficient (Wildman–Crippen LogP) is 2.63. The average Bonchev–Trinajstić information content (AvgIpc) is 2.48. The van der Waals surface area contributed by atoms with E-state index in [0.717, 1.165) is 12.0 Å². The first-order chi connectivity index (χ1) is 10.1. The molecule has 0 bridgehead atoms. The smallest absolute Gasteiger partial charge is 0.251 e. The summed E-state index contributed by atoms with van der Waals surface area (Å²) < 4.78 is 0. The van der Waals surface area contributed by atoms with Gasteiger partial charge in [-0.25, -0.2) is 0 Å².